The molecule has 2 saturated carbocycles. The highest BCUT2D eigenvalue weighted by atomic mass is 19.3. The van der Waals surface area contributed by atoms with Crippen molar-refractivity contribution in [1.29, 1.82) is 0 Å². The van der Waals surface area contributed by atoms with E-state index in [2.05, 4.69) is 20.3 Å². The molecule has 0 spiro atoms. The third kappa shape index (κ3) is 6.54. The molecule has 1 amide bonds. The van der Waals surface area contributed by atoms with Crippen molar-refractivity contribution in [2.45, 2.75) is 83.0 Å². The summed E-state index contributed by atoms with van der Waals surface area (Å²) in [7, 11) is 0. The number of amides is 1. The Morgan fingerprint density at radius 2 is 1.95 bits per heavy atom. The molecule has 0 radical (unpaired) electrons. The molecule has 2 aliphatic carbocycles. The number of benzene rings is 1. The first-order valence-electron chi connectivity index (χ1n) is 13.5. The summed E-state index contributed by atoms with van der Waals surface area (Å²) in [6, 6.07) is 7.29. The van der Waals surface area contributed by atoms with Crippen molar-refractivity contribution in [2.75, 3.05) is 18.1 Å². The van der Waals surface area contributed by atoms with E-state index < -0.39 is 11.8 Å². The lowest BCUT2D eigenvalue weighted by Crippen LogP contribution is -2.40. The molecule has 2 aromatic heterocycles. The molecule has 204 valence electrons. The van der Waals surface area contributed by atoms with Gasteiger partial charge in [-0.05, 0) is 63.6 Å². The Kier molecular flexibility index (Phi) is 7.99. The van der Waals surface area contributed by atoms with Gasteiger partial charge in [0.2, 0.25) is 17.7 Å². The van der Waals surface area contributed by atoms with Crippen molar-refractivity contribution in [3.8, 4) is 17.5 Å². The zero-order valence-electron chi connectivity index (χ0n) is 21.6. The number of alkyl halides is 2. The fourth-order valence-corrected chi connectivity index (χ4v) is 4.79. The summed E-state index contributed by atoms with van der Waals surface area (Å²) in [6.45, 7) is 2.70. The molecule has 0 atom stereocenters. The van der Waals surface area contributed by atoms with Gasteiger partial charge in [-0.15, -0.1) is 5.10 Å². The summed E-state index contributed by atoms with van der Waals surface area (Å²) in [5, 5.41) is 12.0. The van der Waals surface area contributed by atoms with Gasteiger partial charge >= 0.3 is 6.08 Å². The van der Waals surface area contributed by atoms with Crippen molar-refractivity contribution < 1.29 is 27.3 Å². The van der Waals surface area contributed by atoms with Gasteiger partial charge < -0.3 is 18.6 Å². The lowest BCUT2D eigenvalue weighted by molar-refractivity contribution is -0.126. The van der Waals surface area contributed by atoms with Crippen LogP contribution in [0.4, 0.5) is 14.5 Å². The molecular formula is C27H33F2N5O4. The number of carbonyl (C=O) groups is 1. The van der Waals surface area contributed by atoms with E-state index >= 15 is 0 Å². The van der Waals surface area contributed by atoms with E-state index in [9.17, 15) is 13.6 Å². The van der Waals surface area contributed by atoms with Gasteiger partial charge in [-0.1, -0.05) is 22.7 Å². The van der Waals surface area contributed by atoms with E-state index in [1.807, 2.05) is 31.2 Å². The molecule has 1 aromatic carbocycles. The summed E-state index contributed by atoms with van der Waals surface area (Å²) >= 11 is 0. The average molecular weight is 530 g/mol. The fraction of sp³-hybridized carbons (Fsp3) is 0.593. The van der Waals surface area contributed by atoms with Crippen LogP contribution in [0.1, 0.15) is 82.3 Å². The number of unbranched alkanes of at least 4 members (excludes halogenated alkanes) is 2. The van der Waals surface area contributed by atoms with E-state index in [-0.39, 0.29) is 43.6 Å². The minimum atomic E-state index is -2.69. The molecule has 0 bridgehead atoms. The number of nitrogens with zero attached hydrogens (tertiary/aromatic N) is 5. The first kappa shape index (κ1) is 26.2. The highest BCUT2D eigenvalue weighted by Crippen LogP contribution is 2.39. The van der Waals surface area contributed by atoms with Gasteiger partial charge in [0, 0.05) is 48.9 Å². The number of anilines is 1. The number of ether oxygens (including phenoxy) is 1. The Morgan fingerprint density at radius 3 is 2.71 bits per heavy atom. The summed E-state index contributed by atoms with van der Waals surface area (Å²) in [5.74, 6) is -1.03. The standard InChI is InChI=1S/C27H33F2N5O4/c1-2-36-26-32-31-24(37-26)20-7-6-8-21(17-20)34(25(35)19-12-14-27(28,29)15-13-19)16-5-3-4-9-22-30-23(33-38-22)18-10-11-18/h6-8,17-19H,2-5,9-16H2,1H3. The van der Waals surface area contributed by atoms with Gasteiger partial charge in [-0.2, -0.15) is 4.98 Å². The molecular weight excluding hydrogens is 496 g/mol. The van der Waals surface area contributed by atoms with E-state index in [0.717, 1.165) is 37.9 Å². The summed E-state index contributed by atoms with van der Waals surface area (Å²) in [4.78, 5) is 19.8. The Bertz CT molecular complexity index is 1220. The second-order valence-corrected chi connectivity index (χ2v) is 10.1. The normalized spacial score (nSPS) is 17.4. The van der Waals surface area contributed by atoms with Crippen LogP contribution in [0.25, 0.3) is 11.5 Å². The molecule has 38 heavy (non-hydrogen) atoms. The first-order chi connectivity index (χ1) is 18.4. The van der Waals surface area contributed by atoms with E-state index in [1.165, 1.54) is 0 Å². The van der Waals surface area contributed by atoms with Crippen LogP contribution < -0.4 is 9.64 Å². The molecule has 2 fully saturated rings. The third-order valence-electron chi connectivity index (χ3n) is 7.11. The molecule has 0 unspecified atom stereocenters. The number of carbonyl (C=O) groups excluding carboxylic acids is 1. The number of halogens is 2. The predicted molar refractivity (Wildman–Crippen MR) is 134 cm³/mol. The Morgan fingerprint density at radius 1 is 1.13 bits per heavy atom. The lowest BCUT2D eigenvalue weighted by atomic mass is 9.85. The maximum atomic E-state index is 13.8. The summed E-state index contributed by atoms with van der Waals surface area (Å²) < 4.78 is 43.7. The molecule has 5 rings (SSSR count). The highest BCUT2D eigenvalue weighted by Gasteiger charge is 2.39. The van der Waals surface area contributed by atoms with Crippen molar-refractivity contribution in [1.82, 2.24) is 20.3 Å². The molecule has 2 heterocycles. The smallest absolute Gasteiger partial charge is 0.414 e. The molecule has 3 aromatic rings. The number of hydrogen-bond acceptors (Lipinski definition) is 8. The number of hydrogen-bond donors (Lipinski definition) is 0. The van der Waals surface area contributed by atoms with Crippen LogP contribution in [0.2, 0.25) is 0 Å². The second-order valence-electron chi connectivity index (χ2n) is 10.1. The van der Waals surface area contributed by atoms with Crippen LogP contribution in [0.15, 0.2) is 33.2 Å². The SMILES string of the molecule is CCOc1nnc(-c2cccc(N(CCCCCc3nc(C4CC4)no3)C(=O)C3CCC(F)(F)CC3)c2)o1. The van der Waals surface area contributed by atoms with Crippen molar-refractivity contribution in [3.05, 3.63) is 36.0 Å². The van der Waals surface area contributed by atoms with Crippen LogP contribution in [-0.2, 0) is 11.2 Å². The van der Waals surface area contributed by atoms with Gasteiger partial charge in [-0.3, -0.25) is 4.79 Å². The fourth-order valence-electron chi connectivity index (χ4n) is 4.79. The van der Waals surface area contributed by atoms with Crippen LogP contribution in [0, 0.1) is 5.92 Å². The van der Waals surface area contributed by atoms with Crippen molar-refractivity contribution in [2.24, 2.45) is 5.92 Å². The molecule has 11 heteroatoms. The average Bonchev–Trinajstić information content (AvgIpc) is 3.46. The van der Waals surface area contributed by atoms with Gasteiger partial charge in [0.1, 0.15) is 0 Å². The molecule has 2 aliphatic rings. The largest absolute Gasteiger partial charge is 0.449 e. The van der Waals surface area contributed by atoms with Crippen LogP contribution >= 0.6 is 0 Å². The van der Waals surface area contributed by atoms with Crippen molar-refractivity contribution in [3.63, 3.8) is 0 Å². The zero-order valence-corrected chi connectivity index (χ0v) is 21.6. The number of aryl methyl sites for hydroxylation is 1. The molecule has 0 N–H and O–H groups in total. The monoisotopic (exact) mass is 529 g/mol. The molecule has 0 aliphatic heterocycles. The van der Waals surface area contributed by atoms with Gasteiger partial charge in [-0.25, -0.2) is 8.78 Å². The zero-order chi connectivity index (χ0) is 26.5. The summed E-state index contributed by atoms with van der Waals surface area (Å²) in [6.07, 6.45) is 5.34. The second kappa shape index (κ2) is 11.6. The van der Waals surface area contributed by atoms with Gasteiger partial charge in [0.25, 0.3) is 5.89 Å². The van der Waals surface area contributed by atoms with Crippen LogP contribution in [0.3, 0.4) is 0 Å². The maximum absolute atomic E-state index is 13.8. The van der Waals surface area contributed by atoms with Gasteiger partial charge in [0.15, 0.2) is 5.82 Å². The predicted octanol–water partition coefficient (Wildman–Crippen LogP) is 5.97. The Balaban J connectivity index is 1.25. The molecule has 9 nitrogen and oxygen atoms in total. The summed E-state index contributed by atoms with van der Waals surface area (Å²) in [5.41, 5.74) is 1.32. The lowest BCUT2D eigenvalue weighted by Gasteiger charge is -2.32. The maximum Gasteiger partial charge on any atom is 0.414 e. The Labute approximate surface area is 219 Å². The number of aromatic nitrogens is 4. The van der Waals surface area contributed by atoms with Crippen LogP contribution in [-0.4, -0.2) is 45.3 Å². The van der Waals surface area contributed by atoms with Gasteiger partial charge in [0.05, 0.1) is 6.61 Å². The highest BCUT2D eigenvalue weighted by molar-refractivity contribution is 5.95. The number of rotatable bonds is 12. The van der Waals surface area contributed by atoms with E-state index in [0.29, 0.717) is 42.6 Å². The first-order valence-corrected chi connectivity index (χ1v) is 13.5. The minimum Gasteiger partial charge on any atom is -0.449 e. The van der Waals surface area contributed by atoms with E-state index in [4.69, 9.17) is 13.7 Å². The third-order valence-corrected chi connectivity index (χ3v) is 7.11. The minimum absolute atomic E-state index is 0.0782. The Hall–Kier alpha value is -3.37. The molecule has 0 saturated heterocycles. The van der Waals surface area contributed by atoms with Crippen molar-refractivity contribution >= 4 is 11.6 Å². The quantitative estimate of drug-likeness (QED) is 0.264. The topological polar surface area (TPSA) is 107 Å². The van der Waals surface area contributed by atoms with E-state index in [1.54, 1.807) is 4.90 Å². The van der Waals surface area contributed by atoms with Crippen LogP contribution in [0.5, 0.6) is 6.08 Å².